The molecule has 16 heavy (non-hydrogen) atoms. The van der Waals surface area contributed by atoms with Gasteiger partial charge in [-0.1, -0.05) is 26.3 Å². The summed E-state index contributed by atoms with van der Waals surface area (Å²) in [5.41, 5.74) is 0.192. The third-order valence-corrected chi connectivity index (χ3v) is 3.03. The topological polar surface area (TPSA) is 46.5 Å². The molecule has 0 fully saturated rings. The first kappa shape index (κ1) is 13.0. The van der Waals surface area contributed by atoms with Crippen LogP contribution in [-0.2, 0) is 0 Å². The van der Waals surface area contributed by atoms with Gasteiger partial charge in [0.2, 0.25) is 0 Å². The van der Waals surface area contributed by atoms with E-state index in [2.05, 4.69) is 29.8 Å². The Morgan fingerprint density at radius 3 is 2.81 bits per heavy atom. The van der Waals surface area contributed by atoms with Crippen LogP contribution in [0.25, 0.3) is 0 Å². The first-order valence-corrected chi connectivity index (χ1v) is 6.00. The minimum atomic E-state index is -0.972. The van der Waals surface area contributed by atoms with Crippen molar-refractivity contribution < 1.29 is 14.6 Å². The van der Waals surface area contributed by atoms with Gasteiger partial charge in [-0.15, -0.1) is 0 Å². The van der Waals surface area contributed by atoms with Gasteiger partial charge in [-0.25, -0.2) is 4.79 Å². The Bertz CT molecular complexity index is 377. The third kappa shape index (κ3) is 3.23. The maximum Gasteiger partial charge on any atom is 0.339 e. The molecule has 0 spiro atoms. The number of hydrogen-bond acceptors (Lipinski definition) is 2. The number of carboxylic acids is 1. The summed E-state index contributed by atoms with van der Waals surface area (Å²) in [6.45, 7) is 4.67. The van der Waals surface area contributed by atoms with E-state index < -0.39 is 5.97 Å². The molecule has 88 valence electrons. The number of para-hydroxylation sites is 1. The summed E-state index contributed by atoms with van der Waals surface area (Å²) in [6, 6.07) is 5.00. The lowest BCUT2D eigenvalue weighted by molar-refractivity contribution is 0.0691. The number of carboxylic acid groups (broad SMARTS) is 1. The fourth-order valence-electron chi connectivity index (χ4n) is 1.17. The molecule has 3 nitrogen and oxygen atoms in total. The number of hydrogen-bond donors (Lipinski definition) is 1. The zero-order chi connectivity index (χ0) is 12.1. The molecule has 0 saturated carbocycles. The lowest BCUT2D eigenvalue weighted by atomic mass is 10.1. The number of aromatic carboxylic acids is 1. The first-order valence-electron chi connectivity index (χ1n) is 5.20. The molecule has 0 aliphatic carbocycles. The van der Waals surface area contributed by atoms with Crippen LogP contribution in [-0.4, -0.2) is 17.7 Å². The van der Waals surface area contributed by atoms with Gasteiger partial charge >= 0.3 is 5.97 Å². The predicted molar refractivity (Wildman–Crippen MR) is 66.1 cm³/mol. The summed E-state index contributed by atoms with van der Waals surface area (Å²) < 4.78 is 6.23. The Labute approximate surface area is 104 Å². The Morgan fingerprint density at radius 1 is 1.56 bits per heavy atom. The molecule has 0 radical (unpaired) electrons. The zero-order valence-corrected chi connectivity index (χ0v) is 11.0. The molecule has 0 saturated heterocycles. The summed E-state index contributed by atoms with van der Waals surface area (Å²) in [7, 11) is 0. The SMILES string of the molecule is CCC(C)COc1c(Br)cccc1C(=O)O. The summed E-state index contributed by atoms with van der Waals surface area (Å²) >= 11 is 3.30. The summed E-state index contributed by atoms with van der Waals surface area (Å²) in [5.74, 6) is -0.149. The number of carbonyl (C=O) groups is 1. The Balaban J connectivity index is 2.88. The molecule has 0 aromatic heterocycles. The third-order valence-electron chi connectivity index (χ3n) is 2.41. The molecule has 1 aromatic carbocycles. The second-order valence-electron chi connectivity index (χ2n) is 3.75. The van der Waals surface area contributed by atoms with Crippen LogP contribution in [0.5, 0.6) is 5.75 Å². The minimum absolute atomic E-state index is 0.192. The molecule has 1 rings (SSSR count). The lowest BCUT2D eigenvalue weighted by Crippen LogP contribution is -2.10. The van der Waals surface area contributed by atoms with Crippen molar-refractivity contribution in [2.24, 2.45) is 5.92 Å². The molecule has 0 heterocycles. The number of halogens is 1. The molecule has 1 N–H and O–H groups in total. The van der Waals surface area contributed by atoms with E-state index in [0.29, 0.717) is 22.7 Å². The molecule has 1 unspecified atom stereocenters. The van der Waals surface area contributed by atoms with Crippen molar-refractivity contribution >= 4 is 21.9 Å². The van der Waals surface area contributed by atoms with Crippen LogP contribution in [0, 0.1) is 5.92 Å². The van der Waals surface area contributed by atoms with E-state index >= 15 is 0 Å². The van der Waals surface area contributed by atoms with Crippen LogP contribution < -0.4 is 4.74 Å². The highest BCUT2D eigenvalue weighted by Crippen LogP contribution is 2.29. The van der Waals surface area contributed by atoms with Crippen molar-refractivity contribution in [3.05, 3.63) is 28.2 Å². The van der Waals surface area contributed by atoms with Gasteiger partial charge in [0.1, 0.15) is 11.3 Å². The van der Waals surface area contributed by atoms with Crippen LogP contribution in [0.1, 0.15) is 30.6 Å². The highest BCUT2D eigenvalue weighted by atomic mass is 79.9. The van der Waals surface area contributed by atoms with E-state index in [4.69, 9.17) is 9.84 Å². The van der Waals surface area contributed by atoms with Crippen molar-refractivity contribution in [1.29, 1.82) is 0 Å². The van der Waals surface area contributed by atoms with Crippen molar-refractivity contribution in [2.45, 2.75) is 20.3 Å². The highest BCUT2D eigenvalue weighted by Gasteiger charge is 2.14. The second kappa shape index (κ2) is 5.89. The van der Waals surface area contributed by atoms with Gasteiger partial charge in [0.15, 0.2) is 0 Å². The van der Waals surface area contributed by atoms with Crippen LogP contribution in [0.4, 0.5) is 0 Å². The Morgan fingerprint density at radius 2 is 2.25 bits per heavy atom. The van der Waals surface area contributed by atoms with E-state index in [1.807, 2.05) is 0 Å². The molecule has 0 bridgehead atoms. The first-order chi connectivity index (χ1) is 7.56. The lowest BCUT2D eigenvalue weighted by Gasteiger charge is -2.14. The average molecular weight is 287 g/mol. The maximum absolute atomic E-state index is 11.0. The van der Waals surface area contributed by atoms with Crippen molar-refractivity contribution in [3.63, 3.8) is 0 Å². The van der Waals surface area contributed by atoms with Crippen LogP contribution in [0.3, 0.4) is 0 Å². The van der Waals surface area contributed by atoms with Gasteiger partial charge in [0, 0.05) is 0 Å². The smallest absolute Gasteiger partial charge is 0.339 e. The predicted octanol–water partition coefficient (Wildman–Crippen LogP) is 3.57. The molecular weight excluding hydrogens is 272 g/mol. The van der Waals surface area contributed by atoms with Gasteiger partial charge in [0.25, 0.3) is 0 Å². The number of ether oxygens (including phenoxy) is 1. The standard InChI is InChI=1S/C12H15BrO3/c1-3-8(2)7-16-11-9(12(14)15)5-4-6-10(11)13/h4-6,8H,3,7H2,1-2H3,(H,14,15). The highest BCUT2D eigenvalue weighted by molar-refractivity contribution is 9.10. The quantitative estimate of drug-likeness (QED) is 0.900. The second-order valence-corrected chi connectivity index (χ2v) is 4.60. The molecule has 1 aromatic rings. The van der Waals surface area contributed by atoms with E-state index in [1.165, 1.54) is 0 Å². The number of benzene rings is 1. The van der Waals surface area contributed by atoms with Crippen LogP contribution in [0.15, 0.2) is 22.7 Å². The monoisotopic (exact) mass is 286 g/mol. The van der Waals surface area contributed by atoms with Crippen molar-refractivity contribution in [2.75, 3.05) is 6.61 Å². The average Bonchev–Trinajstić information content (AvgIpc) is 2.26. The zero-order valence-electron chi connectivity index (χ0n) is 9.37. The molecule has 0 aliphatic heterocycles. The van der Waals surface area contributed by atoms with Crippen LogP contribution >= 0.6 is 15.9 Å². The maximum atomic E-state index is 11.0. The van der Waals surface area contributed by atoms with E-state index in [0.717, 1.165) is 6.42 Å². The van der Waals surface area contributed by atoms with Crippen molar-refractivity contribution in [1.82, 2.24) is 0 Å². The summed E-state index contributed by atoms with van der Waals surface area (Å²) in [6.07, 6.45) is 1.01. The molecule has 4 heteroatoms. The van der Waals surface area contributed by atoms with Crippen LogP contribution in [0.2, 0.25) is 0 Å². The summed E-state index contributed by atoms with van der Waals surface area (Å²) in [5, 5.41) is 9.01. The van der Waals surface area contributed by atoms with Gasteiger partial charge < -0.3 is 9.84 Å². The molecular formula is C12H15BrO3. The van der Waals surface area contributed by atoms with Gasteiger partial charge in [-0.3, -0.25) is 0 Å². The van der Waals surface area contributed by atoms with Gasteiger partial charge in [-0.05, 0) is 34.0 Å². The number of rotatable bonds is 5. The van der Waals surface area contributed by atoms with Gasteiger partial charge in [0.05, 0.1) is 11.1 Å². The van der Waals surface area contributed by atoms with E-state index in [1.54, 1.807) is 18.2 Å². The fourth-order valence-corrected chi connectivity index (χ4v) is 1.65. The normalized spacial score (nSPS) is 12.2. The van der Waals surface area contributed by atoms with E-state index in [-0.39, 0.29) is 5.56 Å². The molecule has 1 atom stereocenters. The summed E-state index contributed by atoms with van der Waals surface area (Å²) in [4.78, 5) is 11.0. The Hall–Kier alpha value is -1.03. The fraction of sp³-hybridized carbons (Fsp3) is 0.417. The Kier molecular flexibility index (Phi) is 4.80. The molecule has 0 aliphatic rings. The largest absolute Gasteiger partial charge is 0.491 e. The molecule has 0 amide bonds. The van der Waals surface area contributed by atoms with E-state index in [9.17, 15) is 4.79 Å². The minimum Gasteiger partial charge on any atom is -0.491 e. The van der Waals surface area contributed by atoms with Crippen molar-refractivity contribution in [3.8, 4) is 5.75 Å². The van der Waals surface area contributed by atoms with Gasteiger partial charge in [-0.2, -0.15) is 0 Å².